The van der Waals surface area contributed by atoms with E-state index in [0.717, 1.165) is 4.90 Å². The number of carbonyl (C=O) groups excluding carboxylic acids is 3. The van der Waals surface area contributed by atoms with E-state index in [1.807, 2.05) is 0 Å². The molecule has 1 aliphatic heterocycles. The third-order valence-electron chi connectivity index (χ3n) is 4.41. The smallest absolute Gasteiger partial charge is 0.343 e. The standard InChI is InChI=1S/C21H12N2O6/c24-19-17-3-1-2-4-18(17)20(25)22(19)14-9-11-16(12-10-14)29-21(26)13-5-7-15(8-6-13)23(27)28/h1-12H. The van der Waals surface area contributed by atoms with Crippen LogP contribution in [0.2, 0.25) is 0 Å². The second-order valence-corrected chi connectivity index (χ2v) is 6.18. The number of anilines is 1. The first-order valence-electron chi connectivity index (χ1n) is 8.50. The van der Waals surface area contributed by atoms with Crippen LogP contribution in [0.5, 0.6) is 5.75 Å². The lowest BCUT2D eigenvalue weighted by Crippen LogP contribution is -2.29. The van der Waals surface area contributed by atoms with E-state index in [0.29, 0.717) is 16.8 Å². The van der Waals surface area contributed by atoms with Crippen molar-refractivity contribution in [1.29, 1.82) is 0 Å². The number of ether oxygens (including phenoxy) is 1. The number of fused-ring (bicyclic) bond motifs is 1. The Balaban J connectivity index is 1.50. The zero-order valence-corrected chi connectivity index (χ0v) is 14.8. The number of carbonyl (C=O) groups is 3. The fourth-order valence-electron chi connectivity index (χ4n) is 2.97. The molecule has 1 heterocycles. The molecule has 1 aliphatic rings. The lowest BCUT2D eigenvalue weighted by molar-refractivity contribution is -0.384. The molecule has 29 heavy (non-hydrogen) atoms. The van der Waals surface area contributed by atoms with Gasteiger partial charge < -0.3 is 4.74 Å². The molecule has 0 saturated heterocycles. The number of nitrogens with zero attached hydrogens (tertiary/aromatic N) is 2. The number of hydrogen-bond acceptors (Lipinski definition) is 6. The van der Waals surface area contributed by atoms with Crippen molar-refractivity contribution in [1.82, 2.24) is 0 Å². The summed E-state index contributed by atoms with van der Waals surface area (Å²) in [6.07, 6.45) is 0. The molecule has 0 radical (unpaired) electrons. The Morgan fingerprint density at radius 2 is 1.38 bits per heavy atom. The minimum atomic E-state index is -0.687. The first-order chi connectivity index (χ1) is 14.0. The van der Waals surface area contributed by atoms with Gasteiger partial charge in [0, 0.05) is 12.1 Å². The summed E-state index contributed by atoms with van der Waals surface area (Å²) < 4.78 is 5.24. The third kappa shape index (κ3) is 3.23. The van der Waals surface area contributed by atoms with Gasteiger partial charge in [0.05, 0.1) is 27.3 Å². The molecule has 0 saturated carbocycles. The highest BCUT2D eigenvalue weighted by atomic mass is 16.6. The van der Waals surface area contributed by atoms with Crippen LogP contribution in [0.1, 0.15) is 31.1 Å². The maximum Gasteiger partial charge on any atom is 0.343 e. The van der Waals surface area contributed by atoms with E-state index in [1.165, 1.54) is 48.5 Å². The van der Waals surface area contributed by atoms with E-state index in [1.54, 1.807) is 24.3 Å². The topological polar surface area (TPSA) is 107 Å². The number of esters is 1. The molecular weight excluding hydrogens is 376 g/mol. The van der Waals surface area contributed by atoms with Crippen LogP contribution >= 0.6 is 0 Å². The van der Waals surface area contributed by atoms with Gasteiger partial charge in [0.15, 0.2) is 0 Å². The zero-order chi connectivity index (χ0) is 20.5. The van der Waals surface area contributed by atoms with Crippen LogP contribution in [0.25, 0.3) is 0 Å². The molecule has 142 valence electrons. The Morgan fingerprint density at radius 3 is 1.90 bits per heavy atom. The lowest BCUT2D eigenvalue weighted by atomic mass is 10.1. The molecule has 0 unspecified atom stereocenters. The van der Waals surface area contributed by atoms with Gasteiger partial charge in [-0.2, -0.15) is 0 Å². The normalized spacial score (nSPS) is 12.6. The molecule has 0 atom stereocenters. The molecule has 0 bridgehead atoms. The second-order valence-electron chi connectivity index (χ2n) is 6.18. The summed E-state index contributed by atoms with van der Waals surface area (Å²) in [6.45, 7) is 0. The third-order valence-corrected chi connectivity index (χ3v) is 4.41. The zero-order valence-electron chi connectivity index (χ0n) is 14.8. The minimum absolute atomic E-state index is 0.133. The van der Waals surface area contributed by atoms with E-state index in [-0.39, 0.29) is 17.0 Å². The summed E-state index contributed by atoms with van der Waals surface area (Å²) in [5.74, 6) is -1.32. The second kappa shape index (κ2) is 7.01. The lowest BCUT2D eigenvalue weighted by Gasteiger charge is -2.14. The first-order valence-corrected chi connectivity index (χ1v) is 8.50. The average molecular weight is 388 g/mol. The van der Waals surface area contributed by atoms with E-state index < -0.39 is 22.7 Å². The number of imide groups is 1. The molecule has 4 rings (SSSR count). The molecule has 3 aromatic carbocycles. The number of rotatable bonds is 4. The van der Waals surface area contributed by atoms with Gasteiger partial charge in [0.1, 0.15) is 5.75 Å². The molecule has 0 aliphatic carbocycles. The van der Waals surface area contributed by atoms with Crippen LogP contribution in [-0.4, -0.2) is 22.7 Å². The van der Waals surface area contributed by atoms with Crippen LogP contribution in [0.3, 0.4) is 0 Å². The fraction of sp³-hybridized carbons (Fsp3) is 0. The number of hydrogen-bond donors (Lipinski definition) is 0. The van der Waals surface area contributed by atoms with E-state index >= 15 is 0 Å². The minimum Gasteiger partial charge on any atom is -0.423 e. The Morgan fingerprint density at radius 1 is 0.828 bits per heavy atom. The maximum atomic E-state index is 12.5. The number of nitro benzene ring substituents is 1. The van der Waals surface area contributed by atoms with Crippen LogP contribution in [-0.2, 0) is 0 Å². The molecule has 8 heteroatoms. The van der Waals surface area contributed by atoms with Gasteiger partial charge >= 0.3 is 5.97 Å². The quantitative estimate of drug-likeness (QED) is 0.222. The Kier molecular flexibility index (Phi) is 4.36. The molecule has 8 nitrogen and oxygen atoms in total. The van der Waals surface area contributed by atoms with Gasteiger partial charge in [0.25, 0.3) is 17.5 Å². The Hall–Kier alpha value is -4.33. The van der Waals surface area contributed by atoms with Gasteiger partial charge in [-0.1, -0.05) is 12.1 Å². The Labute approximate surface area is 164 Å². The first kappa shape index (κ1) is 18.1. The summed E-state index contributed by atoms with van der Waals surface area (Å²) >= 11 is 0. The van der Waals surface area contributed by atoms with Crippen molar-refractivity contribution in [2.45, 2.75) is 0 Å². The van der Waals surface area contributed by atoms with Crippen LogP contribution in [0.15, 0.2) is 72.8 Å². The summed E-state index contributed by atoms with van der Waals surface area (Å²) in [5, 5.41) is 10.7. The van der Waals surface area contributed by atoms with Gasteiger partial charge in [-0.05, 0) is 48.5 Å². The molecule has 0 aromatic heterocycles. The number of non-ortho nitro benzene ring substituents is 1. The van der Waals surface area contributed by atoms with E-state index in [4.69, 9.17) is 4.74 Å². The highest BCUT2D eigenvalue weighted by Gasteiger charge is 2.36. The van der Waals surface area contributed by atoms with Crippen LogP contribution < -0.4 is 9.64 Å². The van der Waals surface area contributed by atoms with E-state index in [2.05, 4.69) is 0 Å². The molecule has 3 aromatic rings. The maximum absolute atomic E-state index is 12.5. The molecule has 0 fully saturated rings. The fourth-order valence-corrected chi connectivity index (χ4v) is 2.97. The van der Waals surface area contributed by atoms with Gasteiger partial charge in [-0.3, -0.25) is 19.7 Å². The van der Waals surface area contributed by atoms with Crippen LogP contribution in [0, 0.1) is 10.1 Å². The number of benzene rings is 3. The van der Waals surface area contributed by atoms with Gasteiger partial charge in [-0.15, -0.1) is 0 Å². The monoisotopic (exact) mass is 388 g/mol. The summed E-state index contributed by atoms with van der Waals surface area (Å²) in [6, 6.07) is 17.5. The molecule has 0 spiro atoms. The number of amides is 2. The van der Waals surface area contributed by atoms with Gasteiger partial charge in [0.2, 0.25) is 0 Å². The summed E-state index contributed by atoms with van der Waals surface area (Å²) in [4.78, 5) is 48.4. The van der Waals surface area contributed by atoms with Crippen molar-refractivity contribution in [2.75, 3.05) is 4.90 Å². The predicted octanol–water partition coefficient (Wildman–Crippen LogP) is 3.61. The molecule has 2 amide bonds. The summed E-state index contributed by atoms with van der Waals surface area (Å²) in [5.41, 5.74) is 1.05. The Bertz CT molecular complexity index is 1120. The number of nitro groups is 1. The van der Waals surface area contributed by atoms with Crippen molar-refractivity contribution in [3.05, 3.63) is 99.6 Å². The molecule has 0 N–H and O–H groups in total. The highest BCUT2D eigenvalue weighted by molar-refractivity contribution is 6.34. The highest BCUT2D eigenvalue weighted by Crippen LogP contribution is 2.29. The summed E-state index contributed by atoms with van der Waals surface area (Å²) in [7, 11) is 0. The van der Waals surface area contributed by atoms with E-state index in [9.17, 15) is 24.5 Å². The van der Waals surface area contributed by atoms with Crippen LogP contribution in [0.4, 0.5) is 11.4 Å². The van der Waals surface area contributed by atoms with Gasteiger partial charge in [-0.25, -0.2) is 9.69 Å². The molecular formula is C21H12N2O6. The predicted molar refractivity (Wildman–Crippen MR) is 102 cm³/mol. The SMILES string of the molecule is O=C(Oc1ccc(N2C(=O)c3ccccc3C2=O)cc1)c1ccc([N+](=O)[O-])cc1. The van der Waals surface area contributed by atoms with Crippen molar-refractivity contribution in [3.63, 3.8) is 0 Å². The van der Waals surface area contributed by atoms with Crippen molar-refractivity contribution >= 4 is 29.2 Å². The average Bonchev–Trinajstić information content (AvgIpc) is 2.99. The van der Waals surface area contributed by atoms with Crippen molar-refractivity contribution in [2.24, 2.45) is 0 Å². The van der Waals surface area contributed by atoms with Crippen molar-refractivity contribution < 1.29 is 24.0 Å². The van der Waals surface area contributed by atoms with Crippen molar-refractivity contribution in [3.8, 4) is 5.75 Å². The largest absolute Gasteiger partial charge is 0.423 e.